The van der Waals surface area contributed by atoms with Crippen molar-refractivity contribution < 1.29 is 9.59 Å². The molecule has 0 saturated carbocycles. The van der Waals surface area contributed by atoms with Crippen molar-refractivity contribution in [2.45, 2.75) is 38.1 Å². The monoisotopic (exact) mass is 604 g/mol. The molecule has 5 aromatic heterocycles. The van der Waals surface area contributed by atoms with Gasteiger partial charge in [-0.25, -0.2) is 4.98 Å². The highest BCUT2D eigenvalue weighted by Crippen LogP contribution is 2.36. The molecule has 208 valence electrons. The minimum absolute atomic E-state index is 0.151. The van der Waals surface area contributed by atoms with Gasteiger partial charge in [0.1, 0.15) is 10.7 Å². The van der Waals surface area contributed by atoms with E-state index < -0.39 is 5.41 Å². The van der Waals surface area contributed by atoms with E-state index in [9.17, 15) is 14.4 Å². The fourth-order valence-electron chi connectivity index (χ4n) is 4.07. The first-order chi connectivity index (χ1) is 19.6. The quantitative estimate of drug-likeness (QED) is 0.153. The number of hydrogen-bond acceptors (Lipinski definition) is 9. The molecule has 0 atom stereocenters. The van der Waals surface area contributed by atoms with E-state index in [4.69, 9.17) is 16.7 Å². The van der Waals surface area contributed by atoms with Gasteiger partial charge in [-0.15, -0.1) is 23.1 Å². The number of thioether (sulfide) groups is 1. The van der Waals surface area contributed by atoms with Crippen LogP contribution in [0.3, 0.4) is 0 Å². The second-order valence-electron chi connectivity index (χ2n) is 10.1. The summed E-state index contributed by atoms with van der Waals surface area (Å²) in [6.45, 7) is 5.26. The zero-order valence-corrected chi connectivity index (χ0v) is 24.8. The number of aromatic nitrogens is 6. The van der Waals surface area contributed by atoms with Crippen molar-refractivity contribution in [2.75, 3.05) is 0 Å². The maximum absolute atomic E-state index is 13.5. The molecule has 0 saturated heterocycles. The zero-order chi connectivity index (χ0) is 29.1. The van der Waals surface area contributed by atoms with E-state index in [-0.39, 0.29) is 29.5 Å². The lowest BCUT2D eigenvalue weighted by molar-refractivity contribution is 0.0736. The Morgan fingerprint density at radius 3 is 2.44 bits per heavy atom. The van der Waals surface area contributed by atoms with Gasteiger partial charge in [-0.3, -0.25) is 28.9 Å². The van der Waals surface area contributed by atoms with Crippen LogP contribution in [0.2, 0.25) is 4.34 Å². The summed E-state index contributed by atoms with van der Waals surface area (Å²) < 4.78 is 3.51. The number of rotatable bonds is 8. The topological polar surface area (TPSA) is 113 Å². The third kappa shape index (κ3) is 6.37. The molecular weight excluding hydrogens is 580 g/mol. The third-order valence-electron chi connectivity index (χ3n) is 6.07. The van der Waals surface area contributed by atoms with Gasteiger partial charge in [0.05, 0.1) is 28.5 Å². The van der Waals surface area contributed by atoms with E-state index in [1.165, 1.54) is 57.0 Å². The molecule has 0 unspecified atom stereocenters. The molecule has 0 amide bonds. The summed E-state index contributed by atoms with van der Waals surface area (Å²) in [5, 5.41) is 5.40. The van der Waals surface area contributed by atoms with Crippen LogP contribution in [-0.2, 0) is 12.3 Å². The fourth-order valence-corrected chi connectivity index (χ4v) is 6.19. The van der Waals surface area contributed by atoms with Crippen molar-refractivity contribution in [2.24, 2.45) is 5.41 Å². The molecule has 5 rings (SSSR count). The summed E-state index contributed by atoms with van der Waals surface area (Å²) >= 11 is 9.08. The first kappa shape index (κ1) is 28.6. The Balaban J connectivity index is 1.64. The van der Waals surface area contributed by atoms with Crippen LogP contribution in [0.25, 0.3) is 22.5 Å². The normalized spacial score (nSPS) is 11.5. The van der Waals surface area contributed by atoms with Crippen molar-refractivity contribution in [3.05, 3.63) is 98.7 Å². The highest BCUT2D eigenvalue weighted by Gasteiger charge is 2.28. The summed E-state index contributed by atoms with van der Waals surface area (Å²) in [4.78, 5) is 53.0. The molecule has 0 bridgehead atoms. The molecule has 41 heavy (non-hydrogen) atoms. The summed E-state index contributed by atoms with van der Waals surface area (Å²) in [7, 11) is 0. The molecule has 0 spiro atoms. The van der Waals surface area contributed by atoms with Gasteiger partial charge in [-0.1, -0.05) is 32.4 Å². The molecule has 9 nitrogen and oxygen atoms in total. The molecule has 12 heteroatoms. The van der Waals surface area contributed by atoms with Crippen molar-refractivity contribution in [3.63, 3.8) is 0 Å². The average Bonchev–Trinajstić information content (AvgIpc) is 3.58. The van der Waals surface area contributed by atoms with Gasteiger partial charge in [-0.2, -0.15) is 9.78 Å². The standard InChI is InChI=1S/C29H25ClN6O3S2/c1-29(2,3)28(39)36-26(40-17-19-4-6-24(30)41-19)14-21(34-36)20-5-7-25(38)35(27(20)18-8-10-31-11-9-18)16-23(37)22-15-32-12-13-33-22/h4-15H,16-17H2,1-3H3. The number of pyridine rings is 2. The van der Waals surface area contributed by atoms with Crippen LogP contribution in [0.4, 0.5) is 0 Å². The van der Waals surface area contributed by atoms with Gasteiger partial charge in [0, 0.05) is 58.0 Å². The van der Waals surface area contributed by atoms with Gasteiger partial charge in [0.2, 0.25) is 5.78 Å². The molecule has 0 aliphatic heterocycles. The molecule has 0 N–H and O–H groups in total. The lowest BCUT2D eigenvalue weighted by Gasteiger charge is -2.18. The highest BCUT2D eigenvalue weighted by atomic mass is 35.5. The van der Waals surface area contributed by atoms with Crippen molar-refractivity contribution in [3.8, 4) is 22.5 Å². The van der Waals surface area contributed by atoms with Gasteiger partial charge in [0.25, 0.3) is 11.5 Å². The lowest BCUT2D eigenvalue weighted by Crippen LogP contribution is -2.28. The number of halogens is 1. The molecule has 0 aromatic carbocycles. The Kier molecular flexibility index (Phi) is 8.30. The lowest BCUT2D eigenvalue weighted by atomic mass is 9.96. The summed E-state index contributed by atoms with van der Waals surface area (Å²) in [6.07, 6.45) is 7.50. The average molecular weight is 605 g/mol. The number of ketones is 1. The molecule has 5 aromatic rings. The maximum Gasteiger partial charge on any atom is 0.253 e. The minimum Gasteiger partial charge on any atom is -0.300 e. The van der Waals surface area contributed by atoms with Crippen LogP contribution >= 0.6 is 34.7 Å². The number of Topliss-reactive ketones (excluding diaryl/α,β-unsaturated/α-hetero) is 1. The van der Waals surface area contributed by atoms with Crippen LogP contribution in [0.5, 0.6) is 0 Å². The number of hydrogen-bond donors (Lipinski definition) is 0. The smallest absolute Gasteiger partial charge is 0.253 e. The largest absolute Gasteiger partial charge is 0.300 e. The van der Waals surface area contributed by atoms with Crippen LogP contribution in [0.1, 0.15) is 40.9 Å². The SMILES string of the molecule is CC(C)(C)C(=O)n1nc(-c2ccc(=O)n(CC(=O)c3cnccn3)c2-c2ccncc2)cc1SCc1ccc(Cl)s1. The number of thiophene rings is 1. The molecule has 0 radical (unpaired) electrons. The highest BCUT2D eigenvalue weighted by molar-refractivity contribution is 7.98. The van der Waals surface area contributed by atoms with E-state index in [1.807, 2.05) is 39.0 Å². The maximum atomic E-state index is 13.5. The van der Waals surface area contributed by atoms with Crippen molar-refractivity contribution in [1.29, 1.82) is 0 Å². The van der Waals surface area contributed by atoms with E-state index >= 15 is 0 Å². The van der Waals surface area contributed by atoms with Gasteiger partial charge < -0.3 is 0 Å². The van der Waals surface area contributed by atoms with Crippen molar-refractivity contribution in [1.82, 2.24) is 29.3 Å². The Morgan fingerprint density at radius 2 is 1.78 bits per heavy atom. The molecule has 0 aliphatic rings. The molecule has 0 fully saturated rings. The fraction of sp³-hybridized carbons (Fsp3) is 0.207. The van der Waals surface area contributed by atoms with E-state index in [0.717, 1.165) is 4.88 Å². The Labute approximate surface area is 249 Å². The van der Waals surface area contributed by atoms with Gasteiger partial charge >= 0.3 is 0 Å². The van der Waals surface area contributed by atoms with Crippen LogP contribution < -0.4 is 5.56 Å². The summed E-state index contributed by atoms with van der Waals surface area (Å²) in [5.74, 6) is 0.0579. The van der Waals surface area contributed by atoms with Gasteiger partial charge in [-0.05, 0) is 36.4 Å². The third-order valence-corrected chi connectivity index (χ3v) is 8.52. The van der Waals surface area contributed by atoms with Crippen LogP contribution in [-0.4, -0.2) is 41.0 Å². The summed E-state index contributed by atoms with van der Waals surface area (Å²) in [5.41, 5.74) is 1.31. The minimum atomic E-state index is -0.694. The first-order valence-corrected chi connectivity index (χ1v) is 14.8. The Bertz CT molecular complexity index is 1780. The molecule has 5 heterocycles. The number of nitrogens with zero attached hydrogens (tertiary/aromatic N) is 6. The molecular formula is C29H25ClN6O3S2. The zero-order valence-electron chi connectivity index (χ0n) is 22.4. The summed E-state index contributed by atoms with van der Waals surface area (Å²) in [6, 6.07) is 12.2. The first-order valence-electron chi connectivity index (χ1n) is 12.6. The van der Waals surface area contributed by atoms with E-state index in [1.54, 1.807) is 30.6 Å². The number of carbonyl (C=O) groups excluding carboxylic acids is 2. The Morgan fingerprint density at radius 1 is 1.00 bits per heavy atom. The predicted octanol–water partition coefficient (Wildman–Crippen LogP) is 6.14. The predicted molar refractivity (Wildman–Crippen MR) is 160 cm³/mol. The van der Waals surface area contributed by atoms with E-state index in [0.29, 0.717) is 37.6 Å². The van der Waals surface area contributed by atoms with Crippen molar-refractivity contribution >= 4 is 46.4 Å². The second kappa shape index (κ2) is 11.9. The second-order valence-corrected chi connectivity index (χ2v) is 12.9. The number of carbonyl (C=O) groups is 2. The molecule has 0 aliphatic carbocycles. The van der Waals surface area contributed by atoms with E-state index in [2.05, 4.69) is 15.0 Å². The van der Waals surface area contributed by atoms with Crippen LogP contribution in [0.15, 0.2) is 83.3 Å². The van der Waals surface area contributed by atoms with Crippen LogP contribution in [0, 0.1) is 5.41 Å². The Hall–Kier alpha value is -3.93. The van der Waals surface area contributed by atoms with Gasteiger partial charge in [0.15, 0.2) is 0 Å².